The van der Waals surface area contributed by atoms with Crippen LogP contribution >= 0.6 is 0 Å². The quantitative estimate of drug-likeness (QED) is 0.685. The monoisotopic (exact) mass is 398 g/mol. The predicted molar refractivity (Wildman–Crippen MR) is 110 cm³/mol. The van der Waals surface area contributed by atoms with Crippen molar-refractivity contribution in [3.05, 3.63) is 52.8 Å². The minimum Gasteiger partial charge on any atom is -0.493 e. The van der Waals surface area contributed by atoms with Gasteiger partial charge in [-0.25, -0.2) is 14.9 Å². The maximum atomic E-state index is 13.1. The van der Waals surface area contributed by atoms with E-state index < -0.39 is 6.09 Å². The van der Waals surface area contributed by atoms with E-state index in [1.165, 1.54) is 21.3 Å². The zero-order valence-electron chi connectivity index (χ0n) is 16.6. The first kappa shape index (κ1) is 20.1. The van der Waals surface area contributed by atoms with Crippen molar-refractivity contribution in [2.75, 3.05) is 33.4 Å². The highest BCUT2D eigenvalue weighted by Gasteiger charge is 2.19. The number of rotatable bonds is 6. The number of carbonyl (C=O) groups excluding carboxylic acids is 1. The molecule has 8 heteroatoms. The van der Waals surface area contributed by atoms with E-state index in [0.717, 1.165) is 10.1 Å². The van der Waals surface area contributed by atoms with E-state index >= 15 is 0 Å². The lowest BCUT2D eigenvalue weighted by molar-refractivity contribution is 0.164. The summed E-state index contributed by atoms with van der Waals surface area (Å²) in [5, 5.41) is 1.18. The molecule has 0 radical (unpaired) electrons. The molecule has 0 aliphatic rings. The number of ether oxygens (including phenoxy) is 4. The zero-order chi connectivity index (χ0) is 21.0. The molecule has 8 nitrogen and oxygen atoms in total. The lowest BCUT2D eigenvalue weighted by Gasteiger charge is -2.18. The standard InChI is InChI=1S/C21H22N2O6/c1-5-29-21(25)22-23-16(10-13-8-6-7-9-15(13)20(23)24)14-11-17(26-2)19(28-4)18(12-14)27-3/h6-12H,5H2,1-4H3,(H,22,25). The number of methoxy groups -OCH3 is 3. The summed E-state index contributed by atoms with van der Waals surface area (Å²) in [5.74, 6) is 1.27. The molecule has 0 aliphatic heterocycles. The highest BCUT2D eigenvalue weighted by molar-refractivity contribution is 5.87. The fraction of sp³-hybridized carbons (Fsp3) is 0.238. The average Bonchev–Trinajstić information content (AvgIpc) is 2.74. The van der Waals surface area contributed by atoms with Gasteiger partial charge >= 0.3 is 6.09 Å². The van der Waals surface area contributed by atoms with Crippen molar-refractivity contribution in [3.63, 3.8) is 0 Å². The minimum atomic E-state index is -0.737. The Morgan fingerprint density at radius 1 is 1.00 bits per heavy atom. The van der Waals surface area contributed by atoms with Gasteiger partial charge in [0.25, 0.3) is 5.56 Å². The van der Waals surface area contributed by atoms with Crippen LogP contribution in [0.2, 0.25) is 0 Å². The second kappa shape index (κ2) is 8.55. The van der Waals surface area contributed by atoms with Gasteiger partial charge in [0.2, 0.25) is 5.75 Å². The van der Waals surface area contributed by atoms with Crippen molar-refractivity contribution >= 4 is 16.9 Å². The van der Waals surface area contributed by atoms with Crippen molar-refractivity contribution in [1.82, 2.24) is 4.68 Å². The number of fused-ring (bicyclic) bond motifs is 1. The molecule has 29 heavy (non-hydrogen) atoms. The molecule has 0 saturated carbocycles. The first-order chi connectivity index (χ1) is 14.0. The first-order valence-electron chi connectivity index (χ1n) is 8.93. The minimum absolute atomic E-state index is 0.174. The Bertz CT molecular complexity index is 1080. The summed E-state index contributed by atoms with van der Waals surface area (Å²) >= 11 is 0. The highest BCUT2D eigenvalue weighted by atomic mass is 16.6. The molecule has 1 aromatic heterocycles. The summed E-state index contributed by atoms with van der Waals surface area (Å²) in [6, 6.07) is 12.3. The second-order valence-corrected chi connectivity index (χ2v) is 6.00. The Kier molecular flexibility index (Phi) is 5.92. The Morgan fingerprint density at radius 3 is 2.24 bits per heavy atom. The number of carbonyl (C=O) groups is 1. The van der Waals surface area contributed by atoms with Gasteiger partial charge in [0.1, 0.15) is 0 Å². The third kappa shape index (κ3) is 3.82. The summed E-state index contributed by atoms with van der Waals surface area (Å²) in [7, 11) is 4.52. The van der Waals surface area contributed by atoms with E-state index in [4.69, 9.17) is 18.9 Å². The largest absolute Gasteiger partial charge is 0.493 e. The number of pyridine rings is 1. The maximum absolute atomic E-state index is 13.1. The molecule has 0 saturated heterocycles. The number of amides is 1. The summed E-state index contributed by atoms with van der Waals surface area (Å²) in [5.41, 5.74) is 3.13. The maximum Gasteiger partial charge on any atom is 0.426 e. The molecule has 0 bridgehead atoms. The molecule has 0 aliphatic carbocycles. The van der Waals surface area contributed by atoms with E-state index in [9.17, 15) is 9.59 Å². The van der Waals surface area contributed by atoms with E-state index in [1.807, 2.05) is 12.1 Å². The van der Waals surface area contributed by atoms with E-state index in [1.54, 1.807) is 37.3 Å². The Hall–Kier alpha value is -3.68. The van der Waals surface area contributed by atoms with Gasteiger partial charge in [-0.3, -0.25) is 4.79 Å². The zero-order valence-corrected chi connectivity index (χ0v) is 16.6. The summed E-state index contributed by atoms with van der Waals surface area (Å²) < 4.78 is 22.3. The van der Waals surface area contributed by atoms with Crippen LogP contribution in [-0.4, -0.2) is 38.7 Å². The topological polar surface area (TPSA) is 88.0 Å². The normalized spacial score (nSPS) is 10.5. The predicted octanol–water partition coefficient (Wildman–Crippen LogP) is 3.39. The van der Waals surface area contributed by atoms with Crippen LogP contribution in [-0.2, 0) is 4.74 Å². The Morgan fingerprint density at radius 2 is 1.66 bits per heavy atom. The fourth-order valence-corrected chi connectivity index (χ4v) is 3.07. The molecule has 0 atom stereocenters. The van der Waals surface area contributed by atoms with Crippen molar-refractivity contribution in [2.24, 2.45) is 0 Å². The fourth-order valence-electron chi connectivity index (χ4n) is 3.07. The number of benzene rings is 2. The second-order valence-electron chi connectivity index (χ2n) is 6.00. The number of hydrogen-bond acceptors (Lipinski definition) is 6. The van der Waals surface area contributed by atoms with Gasteiger partial charge in [-0.15, -0.1) is 0 Å². The molecular weight excluding hydrogens is 376 g/mol. The number of nitrogens with one attached hydrogen (secondary N) is 1. The van der Waals surface area contributed by atoms with Crippen molar-refractivity contribution < 1.29 is 23.7 Å². The molecular formula is C21H22N2O6. The number of aromatic nitrogens is 1. The molecule has 3 aromatic rings. The lowest BCUT2D eigenvalue weighted by atomic mass is 10.1. The van der Waals surface area contributed by atoms with E-state index in [-0.39, 0.29) is 12.2 Å². The molecule has 0 unspecified atom stereocenters. The molecule has 1 N–H and O–H groups in total. The third-order valence-electron chi connectivity index (χ3n) is 4.37. The molecule has 0 spiro atoms. The smallest absolute Gasteiger partial charge is 0.426 e. The van der Waals surface area contributed by atoms with Gasteiger partial charge < -0.3 is 18.9 Å². The van der Waals surface area contributed by atoms with E-state index in [0.29, 0.717) is 33.9 Å². The van der Waals surface area contributed by atoms with Crippen LogP contribution in [0.3, 0.4) is 0 Å². The van der Waals surface area contributed by atoms with Gasteiger partial charge in [-0.05, 0) is 36.6 Å². The van der Waals surface area contributed by atoms with Crippen LogP contribution < -0.4 is 25.2 Å². The van der Waals surface area contributed by atoms with Gasteiger partial charge in [0.15, 0.2) is 11.5 Å². The summed E-state index contributed by atoms with van der Waals surface area (Å²) in [4.78, 5) is 25.2. The molecule has 152 valence electrons. The van der Waals surface area contributed by atoms with Gasteiger partial charge in [-0.2, -0.15) is 0 Å². The number of hydrogen-bond donors (Lipinski definition) is 1. The van der Waals surface area contributed by atoms with Crippen LogP contribution in [0.5, 0.6) is 17.2 Å². The third-order valence-corrected chi connectivity index (χ3v) is 4.37. The molecule has 2 aromatic carbocycles. The Balaban J connectivity index is 2.30. The lowest BCUT2D eigenvalue weighted by Crippen LogP contribution is -2.34. The molecule has 1 heterocycles. The van der Waals surface area contributed by atoms with Crippen LogP contribution in [0.15, 0.2) is 47.3 Å². The summed E-state index contributed by atoms with van der Waals surface area (Å²) in [6.07, 6.45) is -0.737. The van der Waals surface area contributed by atoms with Gasteiger partial charge in [0.05, 0.1) is 33.6 Å². The van der Waals surface area contributed by atoms with Crippen molar-refractivity contribution in [1.29, 1.82) is 0 Å². The number of nitrogens with zero attached hydrogens (tertiary/aromatic N) is 1. The van der Waals surface area contributed by atoms with E-state index in [2.05, 4.69) is 5.43 Å². The van der Waals surface area contributed by atoms with Crippen molar-refractivity contribution in [3.8, 4) is 28.5 Å². The van der Waals surface area contributed by atoms with Gasteiger partial charge in [-0.1, -0.05) is 18.2 Å². The van der Waals surface area contributed by atoms with Crippen molar-refractivity contribution in [2.45, 2.75) is 6.92 Å². The van der Waals surface area contributed by atoms with Crippen LogP contribution in [0.4, 0.5) is 4.79 Å². The summed E-state index contributed by atoms with van der Waals surface area (Å²) in [6.45, 7) is 1.86. The first-order valence-corrected chi connectivity index (χ1v) is 8.93. The average molecular weight is 398 g/mol. The Labute approximate surface area is 167 Å². The molecule has 0 fully saturated rings. The SMILES string of the molecule is CCOC(=O)Nn1c(-c2cc(OC)c(OC)c(OC)c2)cc2ccccc2c1=O. The molecule has 3 rings (SSSR count). The highest BCUT2D eigenvalue weighted by Crippen LogP contribution is 2.41. The van der Waals surface area contributed by atoms with Crippen LogP contribution in [0.1, 0.15) is 6.92 Å². The van der Waals surface area contributed by atoms with Crippen LogP contribution in [0, 0.1) is 0 Å². The van der Waals surface area contributed by atoms with Crippen LogP contribution in [0.25, 0.3) is 22.0 Å². The van der Waals surface area contributed by atoms with Gasteiger partial charge in [0, 0.05) is 10.9 Å². The molecule has 1 amide bonds.